The van der Waals surface area contributed by atoms with Crippen molar-refractivity contribution in [2.75, 3.05) is 0 Å². The maximum Gasteiger partial charge on any atom is 0.204 e. The van der Waals surface area contributed by atoms with Crippen LogP contribution in [0.15, 0.2) is 36.4 Å². The minimum absolute atomic E-state index is 0.203. The Hall–Kier alpha value is -1.22. The largest absolute Gasteiger partial charge is 0.482 e. The average molecular weight is 344 g/mol. The minimum atomic E-state index is -0.663. The molecule has 0 saturated carbocycles. The van der Waals surface area contributed by atoms with Gasteiger partial charge in [0.2, 0.25) is 5.78 Å². The van der Waals surface area contributed by atoms with Gasteiger partial charge in [-0.15, -0.1) is 0 Å². The van der Waals surface area contributed by atoms with Gasteiger partial charge in [-0.1, -0.05) is 34.8 Å². The number of carbonyl (C=O) groups is 1. The minimum Gasteiger partial charge on any atom is -0.482 e. The average Bonchev–Trinajstić information content (AvgIpc) is 2.41. The molecular formula is C16H13Cl3O2. The van der Waals surface area contributed by atoms with Gasteiger partial charge in [0.05, 0.1) is 5.02 Å². The lowest BCUT2D eigenvalue weighted by molar-refractivity contribution is 0.0817. The SMILES string of the molecule is Cc1cc(Cl)ccc1OC(C)C(=O)c1ccc(Cl)cc1Cl. The summed E-state index contributed by atoms with van der Waals surface area (Å²) in [6.07, 6.45) is -0.663. The predicted molar refractivity (Wildman–Crippen MR) is 87.1 cm³/mol. The van der Waals surface area contributed by atoms with Crippen LogP contribution in [0.3, 0.4) is 0 Å². The van der Waals surface area contributed by atoms with Crippen molar-refractivity contribution in [1.29, 1.82) is 0 Å². The zero-order valence-electron chi connectivity index (χ0n) is 11.5. The second-order valence-corrected chi connectivity index (χ2v) is 5.94. The lowest BCUT2D eigenvalue weighted by Crippen LogP contribution is -2.24. The van der Waals surface area contributed by atoms with E-state index in [1.807, 2.05) is 6.92 Å². The van der Waals surface area contributed by atoms with Gasteiger partial charge in [0.1, 0.15) is 5.75 Å². The third kappa shape index (κ3) is 3.91. The molecule has 2 rings (SSSR count). The van der Waals surface area contributed by atoms with Crippen molar-refractivity contribution in [3.8, 4) is 5.75 Å². The van der Waals surface area contributed by atoms with E-state index in [1.54, 1.807) is 37.3 Å². The highest BCUT2D eigenvalue weighted by atomic mass is 35.5. The maximum absolute atomic E-state index is 12.4. The standard InChI is InChI=1S/C16H13Cl3O2/c1-9-7-11(17)4-6-15(9)21-10(2)16(20)13-5-3-12(18)8-14(13)19/h3-8,10H,1-2H3. The molecule has 0 aliphatic carbocycles. The van der Waals surface area contributed by atoms with Gasteiger partial charge >= 0.3 is 0 Å². The highest BCUT2D eigenvalue weighted by Crippen LogP contribution is 2.26. The fourth-order valence-electron chi connectivity index (χ4n) is 1.90. The van der Waals surface area contributed by atoms with Gasteiger partial charge in [-0.2, -0.15) is 0 Å². The molecule has 0 heterocycles. The maximum atomic E-state index is 12.4. The lowest BCUT2D eigenvalue weighted by Gasteiger charge is -2.16. The second kappa shape index (κ2) is 6.69. The molecule has 0 aliphatic heterocycles. The van der Waals surface area contributed by atoms with Crippen LogP contribution >= 0.6 is 34.8 Å². The zero-order valence-corrected chi connectivity index (χ0v) is 13.8. The van der Waals surface area contributed by atoms with Crippen LogP contribution in [0.5, 0.6) is 5.75 Å². The Labute approximate surface area is 138 Å². The highest BCUT2D eigenvalue weighted by molar-refractivity contribution is 6.37. The second-order valence-electron chi connectivity index (χ2n) is 4.66. The molecule has 0 aromatic heterocycles. The zero-order chi connectivity index (χ0) is 15.6. The number of halogens is 3. The number of carbonyl (C=O) groups excluding carboxylic acids is 1. The van der Waals surface area contributed by atoms with Crippen molar-refractivity contribution in [3.05, 3.63) is 62.6 Å². The highest BCUT2D eigenvalue weighted by Gasteiger charge is 2.20. The van der Waals surface area contributed by atoms with E-state index in [0.29, 0.717) is 26.4 Å². The van der Waals surface area contributed by atoms with Crippen molar-refractivity contribution in [2.45, 2.75) is 20.0 Å². The number of ketones is 1. The van der Waals surface area contributed by atoms with Crippen molar-refractivity contribution >= 4 is 40.6 Å². The topological polar surface area (TPSA) is 26.3 Å². The van der Waals surface area contributed by atoms with Crippen molar-refractivity contribution in [3.63, 3.8) is 0 Å². The van der Waals surface area contributed by atoms with E-state index in [4.69, 9.17) is 39.5 Å². The number of hydrogen-bond donors (Lipinski definition) is 0. The van der Waals surface area contributed by atoms with Crippen LogP contribution in [0.4, 0.5) is 0 Å². The summed E-state index contributed by atoms with van der Waals surface area (Å²) in [6.45, 7) is 3.55. The number of aryl methyl sites for hydroxylation is 1. The van der Waals surface area contributed by atoms with Crippen LogP contribution in [0.1, 0.15) is 22.8 Å². The Morgan fingerprint density at radius 1 is 1.05 bits per heavy atom. The van der Waals surface area contributed by atoms with Crippen molar-refractivity contribution in [1.82, 2.24) is 0 Å². The number of ether oxygens (including phenoxy) is 1. The van der Waals surface area contributed by atoms with Crippen LogP contribution in [0.2, 0.25) is 15.1 Å². The van der Waals surface area contributed by atoms with Crippen LogP contribution in [0.25, 0.3) is 0 Å². The van der Waals surface area contributed by atoms with Gasteiger partial charge in [-0.05, 0) is 55.8 Å². The molecular weight excluding hydrogens is 331 g/mol. The fourth-order valence-corrected chi connectivity index (χ4v) is 2.63. The van der Waals surface area contributed by atoms with E-state index >= 15 is 0 Å². The first-order valence-electron chi connectivity index (χ1n) is 6.30. The van der Waals surface area contributed by atoms with E-state index in [2.05, 4.69) is 0 Å². The first kappa shape index (κ1) is 16.2. The quantitative estimate of drug-likeness (QED) is 0.675. The van der Waals surface area contributed by atoms with Gasteiger partial charge in [0, 0.05) is 15.6 Å². The molecule has 0 amide bonds. The molecule has 1 unspecified atom stereocenters. The summed E-state index contributed by atoms with van der Waals surface area (Å²) in [5.41, 5.74) is 1.25. The van der Waals surface area contributed by atoms with E-state index in [-0.39, 0.29) is 5.78 Å². The van der Waals surface area contributed by atoms with Crippen LogP contribution < -0.4 is 4.74 Å². The Balaban J connectivity index is 2.19. The van der Waals surface area contributed by atoms with Crippen LogP contribution in [-0.2, 0) is 0 Å². The van der Waals surface area contributed by atoms with Crippen molar-refractivity contribution < 1.29 is 9.53 Å². The van der Waals surface area contributed by atoms with E-state index in [9.17, 15) is 4.79 Å². The first-order chi connectivity index (χ1) is 9.88. The third-order valence-electron chi connectivity index (χ3n) is 3.01. The molecule has 110 valence electrons. The van der Waals surface area contributed by atoms with Crippen molar-refractivity contribution in [2.24, 2.45) is 0 Å². The molecule has 2 aromatic carbocycles. The first-order valence-corrected chi connectivity index (χ1v) is 7.44. The van der Waals surface area contributed by atoms with Gasteiger partial charge in [0.15, 0.2) is 6.10 Å². The molecule has 0 spiro atoms. The number of benzene rings is 2. The Kier molecular flexibility index (Phi) is 5.15. The van der Waals surface area contributed by atoms with Gasteiger partial charge < -0.3 is 4.74 Å². The predicted octanol–water partition coefficient (Wildman–Crippen LogP) is 5.61. The summed E-state index contributed by atoms with van der Waals surface area (Å²) < 4.78 is 5.70. The number of rotatable bonds is 4. The summed E-state index contributed by atoms with van der Waals surface area (Å²) in [6, 6.07) is 10.0. The van der Waals surface area contributed by atoms with E-state index in [1.165, 1.54) is 6.07 Å². The molecule has 0 aliphatic rings. The number of Topliss-reactive ketones (excluding diaryl/α,β-unsaturated/α-hetero) is 1. The number of hydrogen-bond acceptors (Lipinski definition) is 2. The molecule has 1 atom stereocenters. The normalized spacial score (nSPS) is 12.0. The van der Waals surface area contributed by atoms with Crippen LogP contribution in [-0.4, -0.2) is 11.9 Å². The molecule has 2 nitrogen and oxygen atoms in total. The molecule has 0 fully saturated rings. The molecule has 5 heteroatoms. The Bertz CT molecular complexity index is 683. The summed E-state index contributed by atoms with van der Waals surface area (Å²) in [7, 11) is 0. The summed E-state index contributed by atoms with van der Waals surface area (Å²) >= 11 is 17.8. The molecule has 0 saturated heterocycles. The Morgan fingerprint density at radius 3 is 2.29 bits per heavy atom. The summed E-state index contributed by atoms with van der Waals surface area (Å²) in [5, 5.41) is 1.43. The van der Waals surface area contributed by atoms with Crippen LogP contribution in [0, 0.1) is 6.92 Å². The third-order valence-corrected chi connectivity index (χ3v) is 3.79. The molecule has 21 heavy (non-hydrogen) atoms. The molecule has 0 radical (unpaired) electrons. The summed E-state index contributed by atoms with van der Waals surface area (Å²) in [5.74, 6) is 0.413. The Morgan fingerprint density at radius 2 is 1.67 bits per heavy atom. The molecule has 0 bridgehead atoms. The molecule has 2 aromatic rings. The van der Waals surface area contributed by atoms with E-state index < -0.39 is 6.10 Å². The van der Waals surface area contributed by atoms with Gasteiger partial charge in [-0.25, -0.2) is 0 Å². The summed E-state index contributed by atoms with van der Waals surface area (Å²) in [4.78, 5) is 12.4. The van der Waals surface area contributed by atoms with Gasteiger partial charge in [-0.3, -0.25) is 4.79 Å². The lowest BCUT2D eigenvalue weighted by atomic mass is 10.1. The smallest absolute Gasteiger partial charge is 0.204 e. The van der Waals surface area contributed by atoms with E-state index in [0.717, 1.165) is 5.56 Å². The fraction of sp³-hybridized carbons (Fsp3) is 0.188. The van der Waals surface area contributed by atoms with Gasteiger partial charge in [0.25, 0.3) is 0 Å². The molecule has 0 N–H and O–H groups in total. The monoisotopic (exact) mass is 342 g/mol.